The quantitative estimate of drug-likeness (QED) is 0.758. The highest BCUT2D eigenvalue weighted by Gasteiger charge is 2.15. The molecule has 1 aromatic carbocycles. The molecule has 0 spiro atoms. The van der Waals surface area contributed by atoms with Crippen molar-refractivity contribution in [2.45, 2.75) is 12.5 Å². The van der Waals surface area contributed by atoms with E-state index in [1.807, 2.05) is 0 Å². The normalized spacial score (nSPS) is 14.3. The number of ether oxygens (including phenoxy) is 3. The Hall–Kier alpha value is -1.95. The molecule has 6 nitrogen and oxygen atoms in total. The molecule has 2 rings (SSSR count). The number of primary amides is 1. The van der Waals surface area contributed by atoms with E-state index in [1.54, 1.807) is 25.2 Å². The number of fused-ring (bicyclic) bond motifs is 1. The van der Waals surface area contributed by atoms with Gasteiger partial charge in [0.05, 0.1) is 12.6 Å². The third kappa shape index (κ3) is 2.84. The van der Waals surface area contributed by atoms with Crippen LogP contribution in [0.5, 0.6) is 17.2 Å². The van der Waals surface area contributed by atoms with E-state index in [1.165, 1.54) is 0 Å². The van der Waals surface area contributed by atoms with Gasteiger partial charge in [0.25, 0.3) is 0 Å². The van der Waals surface area contributed by atoms with Gasteiger partial charge < -0.3 is 25.3 Å². The topological polar surface area (TPSA) is 82.8 Å². The van der Waals surface area contributed by atoms with E-state index < -0.39 is 0 Å². The first kappa shape index (κ1) is 12.5. The Morgan fingerprint density at radius 3 is 3.00 bits per heavy atom. The molecule has 0 fully saturated rings. The van der Waals surface area contributed by atoms with Crippen LogP contribution in [0.2, 0.25) is 0 Å². The summed E-state index contributed by atoms with van der Waals surface area (Å²) in [5.41, 5.74) is 5.21. The molecule has 0 bridgehead atoms. The van der Waals surface area contributed by atoms with Gasteiger partial charge in [0, 0.05) is 12.5 Å². The lowest BCUT2D eigenvalue weighted by Gasteiger charge is -2.12. The van der Waals surface area contributed by atoms with Gasteiger partial charge in [-0.05, 0) is 19.2 Å². The molecule has 1 amide bonds. The van der Waals surface area contributed by atoms with Crippen LogP contribution in [-0.4, -0.2) is 32.4 Å². The fraction of sp³-hybridized carbons (Fsp3) is 0.417. The molecule has 1 aliphatic rings. The Labute approximate surface area is 105 Å². The molecule has 98 valence electrons. The van der Waals surface area contributed by atoms with Crippen LogP contribution in [0, 0.1) is 0 Å². The largest absolute Gasteiger partial charge is 0.493 e. The maximum Gasteiger partial charge on any atom is 0.234 e. The molecule has 18 heavy (non-hydrogen) atoms. The molecule has 1 atom stereocenters. The molecule has 6 heteroatoms. The molecule has 1 aromatic rings. The zero-order valence-corrected chi connectivity index (χ0v) is 10.1. The van der Waals surface area contributed by atoms with Gasteiger partial charge in [-0.2, -0.15) is 0 Å². The van der Waals surface area contributed by atoms with Crippen LogP contribution in [0.3, 0.4) is 0 Å². The molecular weight excluding hydrogens is 236 g/mol. The van der Waals surface area contributed by atoms with Gasteiger partial charge in [-0.25, -0.2) is 0 Å². The number of hydrogen-bond acceptors (Lipinski definition) is 5. The smallest absolute Gasteiger partial charge is 0.234 e. The zero-order valence-electron chi connectivity index (χ0n) is 10.1. The minimum absolute atomic E-state index is 0.238. The molecule has 1 heterocycles. The average Bonchev–Trinajstić information content (AvgIpc) is 2.81. The molecule has 0 saturated heterocycles. The Balaban J connectivity index is 1.85. The monoisotopic (exact) mass is 252 g/mol. The van der Waals surface area contributed by atoms with Gasteiger partial charge in [-0.15, -0.1) is 0 Å². The van der Waals surface area contributed by atoms with Crippen molar-refractivity contribution < 1.29 is 19.0 Å². The summed E-state index contributed by atoms with van der Waals surface area (Å²) in [5.74, 6) is 1.69. The Morgan fingerprint density at radius 2 is 2.28 bits per heavy atom. The maximum absolute atomic E-state index is 11.0. The van der Waals surface area contributed by atoms with E-state index in [-0.39, 0.29) is 18.7 Å². The fourth-order valence-electron chi connectivity index (χ4n) is 1.69. The number of likely N-dealkylation sites (N-methyl/N-ethyl adjacent to an activating group) is 1. The van der Waals surface area contributed by atoms with E-state index in [4.69, 9.17) is 19.9 Å². The summed E-state index contributed by atoms with van der Waals surface area (Å²) in [4.78, 5) is 11.0. The van der Waals surface area contributed by atoms with E-state index in [0.717, 1.165) is 0 Å². The van der Waals surface area contributed by atoms with Crippen LogP contribution in [0.25, 0.3) is 0 Å². The molecule has 0 radical (unpaired) electrons. The highest BCUT2D eigenvalue weighted by molar-refractivity contribution is 5.79. The third-order valence-corrected chi connectivity index (χ3v) is 2.71. The average molecular weight is 252 g/mol. The van der Waals surface area contributed by atoms with Crippen molar-refractivity contribution in [3.05, 3.63) is 18.2 Å². The lowest BCUT2D eigenvalue weighted by atomic mass is 10.2. The summed E-state index contributed by atoms with van der Waals surface area (Å²) in [6.07, 6.45) is 0.514. The maximum atomic E-state index is 11.0. The summed E-state index contributed by atoms with van der Waals surface area (Å²) in [6.45, 7) is 0.635. The predicted octanol–water partition coefficient (Wildman–Crippen LogP) is 0.258. The second-order valence-electron chi connectivity index (χ2n) is 3.90. The van der Waals surface area contributed by atoms with Crippen LogP contribution >= 0.6 is 0 Å². The van der Waals surface area contributed by atoms with Crippen molar-refractivity contribution in [2.24, 2.45) is 5.73 Å². The van der Waals surface area contributed by atoms with Crippen molar-refractivity contribution >= 4 is 5.91 Å². The van der Waals surface area contributed by atoms with E-state index in [2.05, 4.69) is 5.32 Å². The molecule has 0 aromatic heterocycles. The Morgan fingerprint density at radius 1 is 1.50 bits per heavy atom. The van der Waals surface area contributed by atoms with Crippen molar-refractivity contribution in [3.63, 3.8) is 0 Å². The van der Waals surface area contributed by atoms with Crippen molar-refractivity contribution in [1.29, 1.82) is 0 Å². The van der Waals surface area contributed by atoms with E-state index in [9.17, 15) is 4.79 Å². The molecule has 1 aliphatic heterocycles. The van der Waals surface area contributed by atoms with Crippen molar-refractivity contribution in [2.75, 3.05) is 20.4 Å². The van der Waals surface area contributed by atoms with E-state index >= 15 is 0 Å². The highest BCUT2D eigenvalue weighted by Crippen LogP contribution is 2.35. The fourth-order valence-corrected chi connectivity index (χ4v) is 1.69. The van der Waals surface area contributed by atoms with Crippen LogP contribution < -0.4 is 25.3 Å². The minimum atomic E-state index is -0.383. The first-order valence-corrected chi connectivity index (χ1v) is 5.69. The lowest BCUT2D eigenvalue weighted by Crippen LogP contribution is -2.40. The SMILES string of the molecule is CNC(CCOc1ccc2c(c1)OCO2)C(N)=O. The summed E-state index contributed by atoms with van der Waals surface area (Å²) < 4.78 is 16.0. The third-order valence-electron chi connectivity index (χ3n) is 2.71. The van der Waals surface area contributed by atoms with Gasteiger partial charge >= 0.3 is 0 Å². The summed E-state index contributed by atoms with van der Waals surface area (Å²) in [6, 6.07) is 4.98. The van der Waals surface area contributed by atoms with Crippen molar-refractivity contribution in [3.8, 4) is 17.2 Å². The van der Waals surface area contributed by atoms with Crippen LogP contribution in [0.15, 0.2) is 18.2 Å². The van der Waals surface area contributed by atoms with Crippen LogP contribution in [0.4, 0.5) is 0 Å². The standard InChI is InChI=1S/C12H16N2O4/c1-14-9(12(13)15)4-5-16-8-2-3-10-11(6-8)18-7-17-10/h2-3,6,9,14H,4-5,7H2,1H3,(H2,13,15). The number of benzene rings is 1. The minimum Gasteiger partial charge on any atom is -0.493 e. The van der Waals surface area contributed by atoms with Crippen molar-refractivity contribution in [1.82, 2.24) is 5.32 Å². The van der Waals surface area contributed by atoms with E-state index in [0.29, 0.717) is 30.3 Å². The molecule has 0 aliphatic carbocycles. The Kier molecular flexibility index (Phi) is 3.88. The highest BCUT2D eigenvalue weighted by atomic mass is 16.7. The first-order chi connectivity index (χ1) is 8.70. The molecular formula is C12H16N2O4. The van der Waals surface area contributed by atoms with Gasteiger partial charge in [-0.1, -0.05) is 0 Å². The van der Waals surface area contributed by atoms with Crippen LogP contribution in [0.1, 0.15) is 6.42 Å². The predicted molar refractivity (Wildman–Crippen MR) is 64.7 cm³/mol. The molecule has 3 N–H and O–H groups in total. The Bertz CT molecular complexity index is 436. The van der Waals surface area contributed by atoms with Gasteiger partial charge in [0.2, 0.25) is 12.7 Å². The number of nitrogens with two attached hydrogens (primary N) is 1. The number of rotatable bonds is 6. The summed E-state index contributed by atoms with van der Waals surface area (Å²) in [7, 11) is 1.69. The van der Waals surface area contributed by atoms with Crippen LogP contribution in [-0.2, 0) is 4.79 Å². The van der Waals surface area contributed by atoms with Gasteiger partial charge in [0.1, 0.15) is 5.75 Å². The van der Waals surface area contributed by atoms with Gasteiger partial charge in [0.15, 0.2) is 11.5 Å². The number of nitrogens with one attached hydrogen (secondary N) is 1. The number of carbonyl (C=O) groups is 1. The number of carbonyl (C=O) groups excluding carboxylic acids is 1. The summed E-state index contributed by atoms with van der Waals surface area (Å²) in [5, 5.41) is 2.83. The molecule has 1 unspecified atom stereocenters. The second-order valence-corrected chi connectivity index (χ2v) is 3.90. The first-order valence-electron chi connectivity index (χ1n) is 5.69. The zero-order chi connectivity index (χ0) is 13.0. The number of hydrogen-bond donors (Lipinski definition) is 2. The summed E-state index contributed by atoms with van der Waals surface area (Å²) >= 11 is 0. The second kappa shape index (κ2) is 5.59. The number of amides is 1. The molecule has 0 saturated carbocycles. The lowest BCUT2D eigenvalue weighted by molar-refractivity contribution is -0.120. The van der Waals surface area contributed by atoms with Gasteiger partial charge in [-0.3, -0.25) is 4.79 Å².